The van der Waals surface area contributed by atoms with E-state index < -0.39 is 5.79 Å². The number of ether oxygens (including phenoxy) is 2. The van der Waals surface area contributed by atoms with E-state index in [0.717, 1.165) is 29.4 Å². The van der Waals surface area contributed by atoms with E-state index in [0.29, 0.717) is 31.9 Å². The van der Waals surface area contributed by atoms with Gasteiger partial charge in [-0.15, -0.1) is 0 Å². The van der Waals surface area contributed by atoms with Crippen LogP contribution in [0.4, 0.5) is 5.69 Å². The molecule has 2 aliphatic heterocycles. The first kappa shape index (κ1) is 18.2. The number of fused-ring (bicyclic) bond motifs is 1. The molecule has 0 bridgehead atoms. The molecule has 6 nitrogen and oxygen atoms in total. The maximum atomic E-state index is 13.5. The van der Waals surface area contributed by atoms with Crippen LogP contribution in [0.15, 0.2) is 66.9 Å². The number of benzene rings is 2. The van der Waals surface area contributed by atoms with Crippen LogP contribution in [0.3, 0.4) is 0 Å². The summed E-state index contributed by atoms with van der Waals surface area (Å²) in [7, 11) is 0. The first-order chi connectivity index (χ1) is 14.2. The Kier molecular flexibility index (Phi) is 4.75. The Morgan fingerprint density at radius 2 is 1.66 bits per heavy atom. The van der Waals surface area contributed by atoms with Crippen molar-refractivity contribution in [3.63, 3.8) is 0 Å². The van der Waals surface area contributed by atoms with Gasteiger partial charge in [-0.05, 0) is 24.3 Å². The zero-order chi connectivity index (χ0) is 19.7. The smallest absolute Gasteiger partial charge is 0.272 e. The Bertz CT molecular complexity index is 1010. The molecule has 1 aromatic heterocycles. The molecule has 5 rings (SSSR count). The van der Waals surface area contributed by atoms with Gasteiger partial charge < -0.3 is 9.47 Å². The number of hydrogen-bond acceptors (Lipinski definition) is 5. The van der Waals surface area contributed by atoms with Crippen molar-refractivity contribution in [3.8, 4) is 0 Å². The number of amides is 1. The van der Waals surface area contributed by atoms with Gasteiger partial charge in [-0.25, -0.2) is 10.0 Å². The lowest BCUT2D eigenvalue weighted by Crippen LogP contribution is -2.54. The number of carbonyl (C=O) groups is 1. The summed E-state index contributed by atoms with van der Waals surface area (Å²) >= 11 is 0. The molecule has 29 heavy (non-hydrogen) atoms. The van der Waals surface area contributed by atoms with Crippen LogP contribution in [0.5, 0.6) is 0 Å². The first-order valence-electron chi connectivity index (χ1n) is 10.0. The van der Waals surface area contributed by atoms with Crippen molar-refractivity contribution in [2.45, 2.75) is 18.6 Å². The third-order valence-electron chi connectivity index (χ3n) is 5.63. The van der Waals surface area contributed by atoms with Crippen molar-refractivity contribution in [3.05, 3.63) is 72.4 Å². The molecular weight excluding hydrogens is 366 g/mol. The normalized spacial score (nSPS) is 18.9. The monoisotopic (exact) mass is 389 g/mol. The predicted molar refractivity (Wildman–Crippen MR) is 110 cm³/mol. The highest BCUT2D eigenvalue weighted by atomic mass is 16.7. The average Bonchev–Trinajstić information content (AvgIpc) is 3.24. The minimum absolute atomic E-state index is 0.0631. The van der Waals surface area contributed by atoms with Crippen LogP contribution >= 0.6 is 0 Å². The Morgan fingerprint density at radius 3 is 2.41 bits per heavy atom. The van der Waals surface area contributed by atoms with Crippen molar-refractivity contribution in [1.29, 1.82) is 0 Å². The number of rotatable bonds is 3. The van der Waals surface area contributed by atoms with Crippen LogP contribution in [0.2, 0.25) is 0 Å². The zero-order valence-corrected chi connectivity index (χ0v) is 16.2. The van der Waals surface area contributed by atoms with Crippen molar-refractivity contribution in [2.24, 2.45) is 0 Å². The predicted octanol–water partition coefficient (Wildman–Crippen LogP) is 3.64. The van der Waals surface area contributed by atoms with Crippen LogP contribution < -0.4 is 5.01 Å². The number of para-hydroxylation sites is 1. The van der Waals surface area contributed by atoms with Crippen molar-refractivity contribution in [1.82, 2.24) is 9.99 Å². The quantitative estimate of drug-likeness (QED) is 0.685. The molecule has 0 atom stereocenters. The fraction of sp³-hybridized carbons (Fsp3) is 0.304. The number of hydrogen-bond donors (Lipinski definition) is 0. The highest BCUT2D eigenvalue weighted by molar-refractivity contribution is 6.06. The molecule has 2 saturated heterocycles. The van der Waals surface area contributed by atoms with E-state index in [4.69, 9.17) is 9.47 Å². The zero-order valence-electron chi connectivity index (χ0n) is 16.2. The Hall–Kier alpha value is -2.80. The summed E-state index contributed by atoms with van der Waals surface area (Å²) in [4.78, 5) is 18.1. The van der Waals surface area contributed by atoms with Crippen LogP contribution in [0.1, 0.15) is 23.2 Å². The molecule has 3 heterocycles. The number of aromatic nitrogens is 1. The van der Waals surface area contributed by atoms with Crippen LogP contribution in [0.25, 0.3) is 10.9 Å². The third-order valence-corrected chi connectivity index (χ3v) is 5.63. The molecular formula is C23H23N3O3. The molecule has 0 N–H and O–H groups in total. The Morgan fingerprint density at radius 1 is 0.966 bits per heavy atom. The minimum Gasteiger partial charge on any atom is -0.347 e. The highest BCUT2D eigenvalue weighted by Gasteiger charge is 2.42. The van der Waals surface area contributed by atoms with Gasteiger partial charge in [0.15, 0.2) is 5.79 Å². The second-order valence-electron chi connectivity index (χ2n) is 7.43. The standard InChI is InChI=1S/C23H23N3O3/c27-22(18-6-2-1-3-7-18)26(20-16-19-8-4-5-9-21(19)24-17-20)25-12-10-23(11-13-25)28-14-15-29-23/h1-9,16-17H,10-15H2. The van der Waals surface area contributed by atoms with Gasteiger partial charge in [0.1, 0.15) is 0 Å². The van der Waals surface area contributed by atoms with Crippen LogP contribution in [0, 0.1) is 0 Å². The summed E-state index contributed by atoms with van der Waals surface area (Å²) in [6, 6.07) is 19.3. The summed E-state index contributed by atoms with van der Waals surface area (Å²) in [5, 5.41) is 4.85. The molecule has 2 aliphatic rings. The summed E-state index contributed by atoms with van der Waals surface area (Å²) in [5.74, 6) is -0.550. The van der Waals surface area contributed by atoms with Gasteiger partial charge >= 0.3 is 0 Å². The number of piperidine rings is 1. The van der Waals surface area contributed by atoms with E-state index in [1.165, 1.54) is 0 Å². The van der Waals surface area contributed by atoms with Gasteiger partial charge in [-0.1, -0.05) is 36.4 Å². The number of carbonyl (C=O) groups excluding carboxylic acids is 1. The van der Waals surface area contributed by atoms with Gasteiger partial charge in [-0.2, -0.15) is 0 Å². The molecule has 2 aromatic carbocycles. The highest BCUT2D eigenvalue weighted by Crippen LogP contribution is 2.33. The van der Waals surface area contributed by atoms with Gasteiger partial charge in [0.05, 0.1) is 30.6 Å². The topological polar surface area (TPSA) is 54.9 Å². The fourth-order valence-corrected chi connectivity index (χ4v) is 4.11. The fourth-order valence-electron chi connectivity index (χ4n) is 4.11. The largest absolute Gasteiger partial charge is 0.347 e. The lowest BCUT2D eigenvalue weighted by Gasteiger charge is -2.42. The van der Waals surface area contributed by atoms with Crippen molar-refractivity contribution >= 4 is 22.5 Å². The number of anilines is 1. The summed E-state index contributed by atoms with van der Waals surface area (Å²) in [6.45, 7) is 2.62. The van der Waals surface area contributed by atoms with Crippen molar-refractivity contribution < 1.29 is 14.3 Å². The molecule has 2 fully saturated rings. The lowest BCUT2D eigenvalue weighted by atomic mass is 10.0. The Balaban J connectivity index is 1.49. The first-order valence-corrected chi connectivity index (χ1v) is 10.0. The maximum absolute atomic E-state index is 13.5. The molecule has 0 saturated carbocycles. The summed E-state index contributed by atoms with van der Waals surface area (Å²) < 4.78 is 11.7. The molecule has 3 aromatic rings. The molecule has 0 aliphatic carbocycles. The molecule has 6 heteroatoms. The van der Waals surface area contributed by atoms with E-state index in [1.54, 1.807) is 11.2 Å². The lowest BCUT2D eigenvalue weighted by molar-refractivity contribution is -0.185. The number of hydrazine groups is 1. The van der Waals surface area contributed by atoms with Gasteiger partial charge in [-0.3, -0.25) is 9.78 Å². The molecule has 0 unspecified atom stereocenters. The third kappa shape index (κ3) is 3.51. The second-order valence-corrected chi connectivity index (χ2v) is 7.43. The van der Waals surface area contributed by atoms with Crippen molar-refractivity contribution in [2.75, 3.05) is 31.3 Å². The van der Waals surface area contributed by atoms with E-state index >= 15 is 0 Å². The van der Waals surface area contributed by atoms with Gasteiger partial charge in [0.25, 0.3) is 5.91 Å². The molecule has 1 amide bonds. The molecule has 1 spiro atoms. The summed E-state index contributed by atoms with van der Waals surface area (Å²) in [5.41, 5.74) is 2.32. The molecule has 148 valence electrons. The van der Waals surface area contributed by atoms with E-state index in [-0.39, 0.29) is 5.91 Å². The number of pyridine rings is 1. The van der Waals surface area contributed by atoms with Gasteiger partial charge in [0.2, 0.25) is 0 Å². The van der Waals surface area contributed by atoms with E-state index in [2.05, 4.69) is 9.99 Å². The van der Waals surface area contributed by atoms with E-state index in [1.807, 2.05) is 60.7 Å². The van der Waals surface area contributed by atoms with Gasteiger partial charge in [0, 0.05) is 36.9 Å². The average molecular weight is 389 g/mol. The Labute approximate surface area is 169 Å². The van der Waals surface area contributed by atoms with E-state index in [9.17, 15) is 4.79 Å². The maximum Gasteiger partial charge on any atom is 0.272 e. The number of nitrogens with zero attached hydrogens (tertiary/aromatic N) is 3. The second kappa shape index (κ2) is 7.55. The van der Waals surface area contributed by atoms with Crippen LogP contribution in [-0.2, 0) is 9.47 Å². The minimum atomic E-state index is -0.487. The summed E-state index contributed by atoms with van der Waals surface area (Å²) in [6.07, 6.45) is 3.23. The molecule has 0 radical (unpaired) electrons. The SMILES string of the molecule is O=C(c1ccccc1)N(c1cnc2ccccc2c1)N1CCC2(CC1)OCCO2. The van der Waals surface area contributed by atoms with Crippen LogP contribution in [-0.4, -0.2) is 48.0 Å².